The molecular formula is C14H19N3OS. The van der Waals surface area contributed by atoms with Crippen molar-refractivity contribution in [2.75, 3.05) is 0 Å². The van der Waals surface area contributed by atoms with E-state index in [9.17, 15) is 4.79 Å². The number of rotatable bonds is 5. The normalized spacial score (nSPS) is 12.4. The molecule has 102 valence electrons. The van der Waals surface area contributed by atoms with Gasteiger partial charge in [-0.05, 0) is 42.7 Å². The number of carbonyl (C=O) groups is 1. The fourth-order valence-electron chi connectivity index (χ4n) is 2.02. The molecule has 1 atom stereocenters. The van der Waals surface area contributed by atoms with Crippen molar-refractivity contribution >= 4 is 17.2 Å². The van der Waals surface area contributed by atoms with E-state index in [4.69, 9.17) is 0 Å². The van der Waals surface area contributed by atoms with E-state index < -0.39 is 0 Å². The van der Waals surface area contributed by atoms with Gasteiger partial charge in [0, 0.05) is 24.7 Å². The van der Waals surface area contributed by atoms with Gasteiger partial charge in [0.15, 0.2) is 0 Å². The molecule has 2 rings (SSSR count). The van der Waals surface area contributed by atoms with Crippen molar-refractivity contribution in [3.05, 3.63) is 39.8 Å². The Morgan fingerprint density at radius 1 is 1.58 bits per heavy atom. The molecule has 2 aromatic heterocycles. The third-order valence-electron chi connectivity index (χ3n) is 3.34. The van der Waals surface area contributed by atoms with Crippen LogP contribution in [-0.2, 0) is 18.3 Å². The van der Waals surface area contributed by atoms with Crippen LogP contribution in [0.5, 0.6) is 0 Å². The molecule has 0 saturated heterocycles. The fraction of sp³-hybridized carbons (Fsp3) is 0.429. The van der Waals surface area contributed by atoms with Gasteiger partial charge >= 0.3 is 0 Å². The fourth-order valence-corrected chi connectivity index (χ4v) is 2.73. The molecule has 0 spiro atoms. The van der Waals surface area contributed by atoms with Gasteiger partial charge in [-0.25, -0.2) is 0 Å². The second-order valence-electron chi connectivity index (χ2n) is 4.73. The zero-order valence-corrected chi connectivity index (χ0v) is 12.3. The summed E-state index contributed by atoms with van der Waals surface area (Å²) in [4.78, 5) is 11.9. The van der Waals surface area contributed by atoms with Crippen LogP contribution in [0.25, 0.3) is 0 Å². The molecule has 0 bridgehead atoms. The van der Waals surface area contributed by atoms with Crippen molar-refractivity contribution in [1.82, 2.24) is 15.1 Å². The number of thiophene rings is 1. The van der Waals surface area contributed by atoms with E-state index in [-0.39, 0.29) is 11.9 Å². The number of amides is 1. The maximum Gasteiger partial charge on any atom is 0.220 e. The SMILES string of the molecule is Cc1c(C(C)NC(=O)CCc2ccsc2)cnn1C. The number of hydrogen-bond donors (Lipinski definition) is 1. The molecule has 5 heteroatoms. The van der Waals surface area contributed by atoms with Crippen LogP contribution in [0.1, 0.15) is 36.2 Å². The molecule has 1 amide bonds. The second kappa shape index (κ2) is 6.02. The van der Waals surface area contributed by atoms with Gasteiger partial charge in [-0.3, -0.25) is 9.48 Å². The number of aromatic nitrogens is 2. The highest BCUT2D eigenvalue weighted by atomic mass is 32.1. The van der Waals surface area contributed by atoms with E-state index in [0.29, 0.717) is 6.42 Å². The van der Waals surface area contributed by atoms with E-state index in [1.165, 1.54) is 5.56 Å². The van der Waals surface area contributed by atoms with Crippen molar-refractivity contribution in [2.24, 2.45) is 7.05 Å². The number of carbonyl (C=O) groups excluding carboxylic acids is 1. The predicted octanol–water partition coefficient (Wildman–Crippen LogP) is 2.60. The standard InChI is InChI=1S/C14H19N3OS/c1-10(13-8-15-17(3)11(13)2)16-14(18)5-4-12-6-7-19-9-12/h6-10H,4-5H2,1-3H3,(H,16,18). The monoisotopic (exact) mass is 277 g/mol. The van der Waals surface area contributed by atoms with Crippen LogP contribution < -0.4 is 5.32 Å². The molecule has 0 aliphatic rings. The zero-order valence-electron chi connectivity index (χ0n) is 11.5. The van der Waals surface area contributed by atoms with Crippen LogP contribution in [0.4, 0.5) is 0 Å². The molecule has 0 aromatic carbocycles. The third kappa shape index (κ3) is 3.44. The Labute approximate surface area is 117 Å². The number of nitrogens with zero attached hydrogens (tertiary/aromatic N) is 2. The van der Waals surface area contributed by atoms with E-state index in [1.807, 2.05) is 37.2 Å². The summed E-state index contributed by atoms with van der Waals surface area (Å²) in [6.07, 6.45) is 3.15. The summed E-state index contributed by atoms with van der Waals surface area (Å²) in [5.41, 5.74) is 3.39. The maximum absolute atomic E-state index is 11.9. The lowest BCUT2D eigenvalue weighted by Crippen LogP contribution is -2.27. The van der Waals surface area contributed by atoms with Crippen LogP contribution >= 0.6 is 11.3 Å². The molecule has 1 N–H and O–H groups in total. The minimum absolute atomic E-state index is 0.00340. The summed E-state index contributed by atoms with van der Waals surface area (Å²) in [5.74, 6) is 0.0851. The lowest BCUT2D eigenvalue weighted by Gasteiger charge is -2.13. The highest BCUT2D eigenvalue weighted by Gasteiger charge is 2.14. The first kappa shape index (κ1) is 13.8. The molecule has 2 aromatic rings. The van der Waals surface area contributed by atoms with Gasteiger partial charge in [-0.1, -0.05) is 0 Å². The van der Waals surface area contributed by atoms with Crippen molar-refractivity contribution in [1.29, 1.82) is 0 Å². The van der Waals surface area contributed by atoms with Gasteiger partial charge in [0.05, 0.1) is 12.2 Å². The van der Waals surface area contributed by atoms with Gasteiger partial charge in [-0.2, -0.15) is 16.4 Å². The van der Waals surface area contributed by atoms with Crippen LogP contribution in [0, 0.1) is 6.92 Å². The molecular weight excluding hydrogens is 258 g/mol. The first-order valence-electron chi connectivity index (χ1n) is 6.37. The molecule has 0 aliphatic carbocycles. The summed E-state index contributed by atoms with van der Waals surface area (Å²) in [5, 5.41) is 11.3. The third-order valence-corrected chi connectivity index (χ3v) is 4.07. The molecule has 0 aliphatic heterocycles. The molecule has 4 nitrogen and oxygen atoms in total. The topological polar surface area (TPSA) is 46.9 Å². The predicted molar refractivity (Wildman–Crippen MR) is 77.1 cm³/mol. The zero-order chi connectivity index (χ0) is 13.8. The molecule has 0 saturated carbocycles. The number of nitrogens with one attached hydrogen (secondary N) is 1. The van der Waals surface area contributed by atoms with Gasteiger partial charge in [0.1, 0.15) is 0 Å². The van der Waals surface area contributed by atoms with E-state index in [0.717, 1.165) is 17.7 Å². The summed E-state index contributed by atoms with van der Waals surface area (Å²) < 4.78 is 1.82. The summed E-state index contributed by atoms with van der Waals surface area (Å²) >= 11 is 1.66. The van der Waals surface area contributed by atoms with Crippen molar-refractivity contribution in [3.63, 3.8) is 0 Å². The summed E-state index contributed by atoms with van der Waals surface area (Å²) in [6, 6.07) is 2.07. The quantitative estimate of drug-likeness (QED) is 0.913. The Kier molecular flexibility index (Phi) is 4.37. The molecule has 19 heavy (non-hydrogen) atoms. The summed E-state index contributed by atoms with van der Waals surface area (Å²) in [7, 11) is 1.91. The van der Waals surface area contributed by atoms with E-state index in [2.05, 4.69) is 21.9 Å². The van der Waals surface area contributed by atoms with Gasteiger partial charge < -0.3 is 5.32 Å². The largest absolute Gasteiger partial charge is 0.349 e. The average molecular weight is 277 g/mol. The van der Waals surface area contributed by atoms with Gasteiger partial charge in [0.25, 0.3) is 0 Å². The number of hydrogen-bond acceptors (Lipinski definition) is 3. The lowest BCUT2D eigenvalue weighted by atomic mass is 10.1. The Bertz CT molecular complexity index is 545. The second-order valence-corrected chi connectivity index (χ2v) is 5.51. The van der Waals surface area contributed by atoms with Crippen molar-refractivity contribution in [3.8, 4) is 0 Å². The summed E-state index contributed by atoms with van der Waals surface area (Å²) in [6.45, 7) is 4.00. The van der Waals surface area contributed by atoms with Gasteiger partial charge in [0.2, 0.25) is 5.91 Å². The molecule has 0 radical (unpaired) electrons. The Morgan fingerprint density at radius 2 is 2.37 bits per heavy atom. The van der Waals surface area contributed by atoms with Crippen molar-refractivity contribution < 1.29 is 4.79 Å². The van der Waals surface area contributed by atoms with Gasteiger partial charge in [-0.15, -0.1) is 0 Å². The van der Waals surface area contributed by atoms with Crippen LogP contribution in [0.2, 0.25) is 0 Å². The van der Waals surface area contributed by atoms with Crippen molar-refractivity contribution in [2.45, 2.75) is 32.7 Å². The highest BCUT2D eigenvalue weighted by molar-refractivity contribution is 7.07. The minimum Gasteiger partial charge on any atom is -0.349 e. The van der Waals surface area contributed by atoms with E-state index >= 15 is 0 Å². The lowest BCUT2D eigenvalue weighted by molar-refractivity contribution is -0.121. The van der Waals surface area contributed by atoms with Crippen LogP contribution in [0.3, 0.4) is 0 Å². The Balaban J connectivity index is 1.86. The van der Waals surface area contributed by atoms with E-state index in [1.54, 1.807) is 11.3 Å². The maximum atomic E-state index is 11.9. The first-order chi connectivity index (χ1) is 9.08. The van der Waals surface area contributed by atoms with Crippen LogP contribution in [-0.4, -0.2) is 15.7 Å². The first-order valence-corrected chi connectivity index (χ1v) is 7.31. The molecule has 0 fully saturated rings. The highest BCUT2D eigenvalue weighted by Crippen LogP contribution is 2.16. The molecule has 2 heterocycles. The Hall–Kier alpha value is -1.62. The number of aryl methyl sites for hydroxylation is 2. The minimum atomic E-state index is 0.00340. The smallest absolute Gasteiger partial charge is 0.220 e. The average Bonchev–Trinajstić information content (AvgIpc) is 2.98. The Morgan fingerprint density at radius 3 is 2.95 bits per heavy atom. The molecule has 1 unspecified atom stereocenters. The van der Waals surface area contributed by atoms with Crippen LogP contribution in [0.15, 0.2) is 23.0 Å².